The number of halogens is 1. The van der Waals surface area contributed by atoms with Gasteiger partial charge < -0.3 is 4.74 Å². The smallest absolute Gasteiger partial charge is 0.113 e. The molecule has 78 valence electrons. The van der Waals surface area contributed by atoms with E-state index in [0.717, 1.165) is 12.8 Å². The van der Waals surface area contributed by atoms with Gasteiger partial charge in [0.15, 0.2) is 0 Å². The Morgan fingerprint density at radius 3 is 2.38 bits per heavy atom. The monoisotopic (exact) mass is 188 g/mol. The maximum absolute atomic E-state index is 11.6. The molecule has 0 spiro atoms. The van der Waals surface area contributed by atoms with Crippen LogP contribution < -0.4 is 0 Å². The zero-order valence-electron chi connectivity index (χ0n) is 8.60. The van der Waals surface area contributed by atoms with Crippen molar-refractivity contribution in [2.24, 2.45) is 0 Å². The van der Waals surface area contributed by atoms with Crippen LogP contribution in [0.1, 0.15) is 39.0 Å². The SMILES string of the molecule is CCCC/C=C/CCCOCCF. The molecule has 0 fully saturated rings. The summed E-state index contributed by atoms with van der Waals surface area (Å²) >= 11 is 0. The summed E-state index contributed by atoms with van der Waals surface area (Å²) < 4.78 is 16.6. The Morgan fingerprint density at radius 1 is 1.08 bits per heavy atom. The van der Waals surface area contributed by atoms with E-state index in [0.29, 0.717) is 6.61 Å². The van der Waals surface area contributed by atoms with Crippen LogP contribution in [0.2, 0.25) is 0 Å². The third kappa shape index (κ3) is 11.6. The van der Waals surface area contributed by atoms with Crippen LogP contribution in [0.25, 0.3) is 0 Å². The normalized spacial score (nSPS) is 11.2. The van der Waals surface area contributed by atoms with Crippen molar-refractivity contribution >= 4 is 0 Å². The van der Waals surface area contributed by atoms with Gasteiger partial charge in [-0.3, -0.25) is 0 Å². The molecule has 0 bridgehead atoms. The van der Waals surface area contributed by atoms with Gasteiger partial charge in [0.25, 0.3) is 0 Å². The van der Waals surface area contributed by atoms with Crippen LogP contribution in [0, 0.1) is 0 Å². The maximum Gasteiger partial charge on any atom is 0.113 e. The average molecular weight is 188 g/mol. The summed E-state index contributed by atoms with van der Waals surface area (Å²) in [6.45, 7) is 2.76. The maximum atomic E-state index is 11.6. The zero-order chi connectivity index (χ0) is 9.78. The molecule has 0 aromatic carbocycles. The van der Waals surface area contributed by atoms with E-state index in [4.69, 9.17) is 4.74 Å². The molecule has 0 aromatic heterocycles. The van der Waals surface area contributed by atoms with Crippen LogP contribution in [-0.2, 0) is 4.74 Å². The van der Waals surface area contributed by atoms with E-state index in [1.807, 2.05) is 0 Å². The van der Waals surface area contributed by atoms with Crippen molar-refractivity contribution in [2.45, 2.75) is 39.0 Å². The average Bonchev–Trinajstić information content (AvgIpc) is 2.16. The van der Waals surface area contributed by atoms with E-state index in [9.17, 15) is 4.39 Å². The van der Waals surface area contributed by atoms with Gasteiger partial charge in [0.1, 0.15) is 6.67 Å². The molecule has 0 saturated heterocycles. The van der Waals surface area contributed by atoms with Crippen LogP contribution in [0.3, 0.4) is 0 Å². The first-order valence-electron chi connectivity index (χ1n) is 5.20. The highest BCUT2D eigenvalue weighted by atomic mass is 19.1. The van der Waals surface area contributed by atoms with Gasteiger partial charge in [0, 0.05) is 6.61 Å². The number of hydrogen-bond acceptors (Lipinski definition) is 1. The highest BCUT2D eigenvalue weighted by molar-refractivity contribution is 4.80. The summed E-state index contributed by atoms with van der Waals surface area (Å²) in [6.07, 6.45) is 10.2. The predicted molar refractivity (Wildman–Crippen MR) is 54.7 cm³/mol. The minimum absolute atomic E-state index is 0.250. The largest absolute Gasteiger partial charge is 0.379 e. The predicted octanol–water partition coefficient (Wildman–Crippen LogP) is 3.50. The van der Waals surface area contributed by atoms with Crippen molar-refractivity contribution in [3.05, 3.63) is 12.2 Å². The Labute approximate surface area is 81.0 Å². The lowest BCUT2D eigenvalue weighted by Gasteiger charge is -1.98. The summed E-state index contributed by atoms with van der Waals surface area (Å²) in [5.41, 5.74) is 0. The second-order valence-corrected chi connectivity index (χ2v) is 3.06. The summed E-state index contributed by atoms with van der Waals surface area (Å²) in [7, 11) is 0. The second kappa shape index (κ2) is 11.6. The molecule has 0 amide bonds. The lowest BCUT2D eigenvalue weighted by atomic mass is 10.2. The topological polar surface area (TPSA) is 9.23 Å². The van der Waals surface area contributed by atoms with E-state index >= 15 is 0 Å². The first-order valence-corrected chi connectivity index (χ1v) is 5.20. The van der Waals surface area contributed by atoms with Gasteiger partial charge in [-0.25, -0.2) is 4.39 Å². The number of allylic oxidation sites excluding steroid dienone is 2. The van der Waals surface area contributed by atoms with Gasteiger partial charge in [0.2, 0.25) is 0 Å². The van der Waals surface area contributed by atoms with Gasteiger partial charge >= 0.3 is 0 Å². The molecular formula is C11H21FO. The van der Waals surface area contributed by atoms with Gasteiger partial charge in [-0.05, 0) is 19.3 Å². The minimum Gasteiger partial charge on any atom is -0.379 e. The quantitative estimate of drug-likeness (QED) is 0.397. The Balaban J connectivity index is 2.93. The molecule has 0 radical (unpaired) electrons. The van der Waals surface area contributed by atoms with Crippen molar-refractivity contribution in [1.29, 1.82) is 0 Å². The van der Waals surface area contributed by atoms with Gasteiger partial charge in [0.05, 0.1) is 6.61 Å². The molecule has 0 aliphatic carbocycles. The number of alkyl halides is 1. The number of rotatable bonds is 9. The first-order chi connectivity index (χ1) is 6.41. The Bertz CT molecular complexity index is 113. The summed E-state index contributed by atoms with van der Waals surface area (Å²) in [5.74, 6) is 0. The molecule has 2 heteroatoms. The third-order valence-electron chi connectivity index (χ3n) is 1.77. The van der Waals surface area contributed by atoms with Crippen LogP contribution in [-0.4, -0.2) is 19.9 Å². The standard InChI is InChI=1S/C11H21FO/c1-2-3-4-5-6-7-8-10-13-11-9-12/h5-6H,2-4,7-11H2,1H3/b6-5+. The molecule has 13 heavy (non-hydrogen) atoms. The molecule has 0 aromatic rings. The fourth-order valence-corrected chi connectivity index (χ4v) is 1.02. The highest BCUT2D eigenvalue weighted by Gasteiger charge is 1.86. The lowest BCUT2D eigenvalue weighted by molar-refractivity contribution is 0.117. The molecule has 0 unspecified atom stereocenters. The molecule has 0 N–H and O–H groups in total. The molecule has 0 heterocycles. The third-order valence-corrected chi connectivity index (χ3v) is 1.77. The Kier molecular flexibility index (Phi) is 11.3. The Morgan fingerprint density at radius 2 is 1.77 bits per heavy atom. The molecule has 0 aliphatic rings. The lowest BCUT2D eigenvalue weighted by Crippen LogP contribution is -1.97. The van der Waals surface area contributed by atoms with Crippen LogP contribution in [0.15, 0.2) is 12.2 Å². The van der Waals surface area contributed by atoms with Crippen molar-refractivity contribution in [1.82, 2.24) is 0 Å². The first kappa shape index (κ1) is 12.6. The number of unbranched alkanes of at least 4 members (excludes halogenated alkanes) is 3. The molecule has 0 saturated carbocycles. The zero-order valence-corrected chi connectivity index (χ0v) is 8.60. The minimum atomic E-state index is -0.369. The number of hydrogen-bond donors (Lipinski definition) is 0. The van der Waals surface area contributed by atoms with Crippen molar-refractivity contribution in [3.63, 3.8) is 0 Å². The molecular weight excluding hydrogens is 167 g/mol. The van der Waals surface area contributed by atoms with E-state index in [1.54, 1.807) is 0 Å². The number of ether oxygens (including phenoxy) is 1. The fourth-order valence-electron chi connectivity index (χ4n) is 1.02. The molecule has 0 atom stereocenters. The van der Waals surface area contributed by atoms with E-state index in [1.165, 1.54) is 19.3 Å². The molecule has 1 nitrogen and oxygen atoms in total. The summed E-state index contributed by atoms with van der Waals surface area (Å²) in [5, 5.41) is 0. The van der Waals surface area contributed by atoms with E-state index < -0.39 is 0 Å². The molecule has 0 aliphatic heterocycles. The Hall–Kier alpha value is -0.370. The summed E-state index contributed by atoms with van der Waals surface area (Å²) in [4.78, 5) is 0. The van der Waals surface area contributed by atoms with E-state index in [-0.39, 0.29) is 13.3 Å². The highest BCUT2D eigenvalue weighted by Crippen LogP contribution is 1.98. The molecule has 0 rings (SSSR count). The van der Waals surface area contributed by atoms with Gasteiger partial charge in [-0.1, -0.05) is 31.9 Å². The van der Waals surface area contributed by atoms with Crippen LogP contribution in [0.4, 0.5) is 4.39 Å². The fraction of sp³-hybridized carbons (Fsp3) is 0.818. The second-order valence-electron chi connectivity index (χ2n) is 3.06. The van der Waals surface area contributed by atoms with E-state index in [2.05, 4.69) is 19.1 Å². The van der Waals surface area contributed by atoms with Crippen molar-refractivity contribution in [3.8, 4) is 0 Å². The van der Waals surface area contributed by atoms with Gasteiger partial charge in [-0.15, -0.1) is 0 Å². The summed E-state index contributed by atoms with van der Waals surface area (Å²) in [6, 6.07) is 0. The van der Waals surface area contributed by atoms with Crippen LogP contribution >= 0.6 is 0 Å². The van der Waals surface area contributed by atoms with Gasteiger partial charge in [-0.2, -0.15) is 0 Å². The van der Waals surface area contributed by atoms with Crippen molar-refractivity contribution < 1.29 is 9.13 Å². The van der Waals surface area contributed by atoms with Crippen LogP contribution in [0.5, 0.6) is 0 Å². The van der Waals surface area contributed by atoms with Crippen molar-refractivity contribution in [2.75, 3.05) is 19.9 Å².